The number of hydrogen-bond donors (Lipinski definition) is 2. The van der Waals surface area contributed by atoms with Crippen molar-refractivity contribution in [1.29, 1.82) is 0 Å². The molecule has 5 nitrogen and oxygen atoms in total. The second-order valence-corrected chi connectivity index (χ2v) is 5.86. The second-order valence-electron chi connectivity index (χ2n) is 5.86. The summed E-state index contributed by atoms with van der Waals surface area (Å²) in [5.41, 5.74) is 6.82. The Kier molecular flexibility index (Phi) is 6.52. The van der Waals surface area contributed by atoms with Crippen LogP contribution >= 0.6 is 0 Å². The van der Waals surface area contributed by atoms with E-state index in [1.807, 2.05) is 24.3 Å². The van der Waals surface area contributed by atoms with E-state index < -0.39 is 0 Å². The molecule has 0 radical (unpaired) electrons. The zero-order valence-electron chi connectivity index (χ0n) is 13.7. The highest BCUT2D eigenvalue weighted by Crippen LogP contribution is 2.17. The third-order valence-electron chi connectivity index (χ3n) is 4.17. The summed E-state index contributed by atoms with van der Waals surface area (Å²) in [4.78, 5) is 6.96. The van der Waals surface area contributed by atoms with Crippen LogP contribution in [0.5, 0.6) is 5.75 Å². The Morgan fingerprint density at radius 1 is 1.45 bits per heavy atom. The van der Waals surface area contributed by atoms with Gasteiger partial charge in [-0.3, -0.25) is 4.99 Å². The smallest absolute Gasteiger partial charge is 0.193 e. The predicted octanol–water partition coefficient (Wildman–Crippen LogP) is 2.69. The number of piperidine rings is 1. The van der Waals surface area contributed by atoms with Crippen LogP contribution in [0.15, 0.2) is 29.3 Å². The molecule has 0 spiro atoms. The largest absolute Gasteiger partial charge is 0.497 e. The van der Waals surface area contributed by atoms with Crippen LogP contribution < -0.4 is 15.8 Å². The molecular formula is C17H28N4O. The van der Waals surface area contributed by atoms with E-state index in [2.05, 4.69) is 22.1 Å². The molecule has 1 heterocycles. The molecule has 1 aliphatic heterocycles. The van der Waals surface area contributed by atoms with Crippen molar-refractivity contribution in [2.75, 3.05) is 32.1 Å². The zero-order chi connectivity index (χ0) is 15.8. The summed E-state index contributed by atoms with van der Waals surface area (Å²) >= 11 is 0. The number of aliphatic imine (C=N–C) groups is 1. The van der Waals surface area contributed by atoms with Crippen LogP contribution in [0.4, 0.5) is 5.69 Å². The highest BCUT2D eigenvalue weighted by molar-refractivity contribution is 5.92. The van der Waals surface area contributed by atoms with Gasteiger partial charge < -0.3 is 20.7 Å². The molecule has 1 atom stereocenters. The first-order valence-corrected chi connectivity index (χ1v) is 8.14. The standard InChI is InChI=1S/C17H28N4O/c1-14-7-3-4-11-21(14)12-6-10-19-17(18)20-15-8-5-9-16(13-15)22-2/h5,8-9,13-14H,3-4,6-7,10-12H2,1-2H3,(H3,18,19,20). The van der Waals surface area contributed by atoms with Crippen molar-refractivity contribution in [2.45, 2.75) is 38.6 Å². The van der Waals surface area contributed by atoms with E-state index in [0.717, 1.165) is 30.9 Å². The molecule has 2 rings (SSSR count). The van der Waals surface area contributed by atoms with Crippen molar-refractivity contribution >= 4 is 11.6 Å². The lowest BCUT2D eigenvalue weighted by atomic mass is 10.0. The van der Waals surface area contributed by atoms with Crippen LogP contribution in [0.3, 0.4) is 0 Å². The second kappa shape index (κ2) is 8.63. The topological polar surface area (TPSA) is 62.9 Å². The lowest BCUT2D eigenvalue weighted by Gasteiger charge is -2.33. The van der Waals surface area contributed by atoms with Crippen molar-refractivity contribution in [2.24, 2.45) is 10.7 Å². The first-order chi connectivity index (χ1) is 10.7. The van der Waals surface area contributed by atoms with E-state index in [-0.39, 0.29) is 0 Å². The molecule has 122 valence electrons. The average molecular weight is 304 g/mol. The Hall–Kier alpha value is -1.75. The summed E-state index contributed by atoms with van der Waals surface area (Å²) < 4.78 is 5.19. The van der Waals surface area contributed by atoms with Gasteiger partial charge in [-0.15, -0.1) is 0 Å². The van der Waals surface area contributed by atoms with Crippen molar-refractivity contribution in [1.82, 2.24) is 4.90 Å². The maximum absolute atomic E-state index is 5.93. The number of rotatable bonds is 6. The SMILES string of the molecule is COc1cccc(NC(N)=NCCCN2CCCCC2C)c1. The molecule has 5 heteroatoms. The number of guanidine groups is 1. The average Bonchev–Trinajstić information content (AvgIpc) is 2.53. The van der Waals surface area contributed by atoms with Crippen LogP contribution in [-0.4, -0.2) is 43.6 Å². The molecular weight excluding hydrogens is 276 g/mol. The highest BCUT2D eigenvalue weighted by Gasteiger charge is 2.16. The van der Waals surface area contributed by atoms with Gasteiger partial charge in [0, 0.05) is 30.9 Å². The number of nitrogens with two attached hydrogens (primary N) is 1. The van der Waals surface area contributed by atoms with Crippen molar-refractivity contribution in [3.05, 3.63) is 24.3 Å². The Balaban J connectivity index is 1.73. The maximum Gasteiger partial charge on any atom is 0.193 e. The molecule has 0 amide bonds. The molecule has 1 aromatic rings. The van der Waals surface area contributed by atoms with Crippen molar-refractivity contribution in [3.8, 4) is 5.75 Å². The molecule has 1 fully saturated rings. The van der Waals surface area contributed by atoms with Gasteiger partial charge in [0.05, 0.1) is 7.11 Å². The van der Waals surface area contributed by atoms with Gasteiger partial charge in [-0.2, -0.15) is 0 Å². The van der Waals surface area contributed by atoms with Gasteiger partial charge in [0.25, 0.3) is 0 Å². The molecule has 0 saturated carbocycles. The normalized spacial score (nSPS) is 19.9. The molecule has 3 N–H and O–H groups in total. The van der Waals surface area contributed by atoms with E-state index >= 15 is 0 Å². The number of ether oxygens (including phenoxy) is 1. The summed E-state index contributed by atoms with van der Waals surface area (Å²) in [6, 6.07) is 8.38. The van der Waals surface area contributed by atoms with Gasteiger partial charge >= 0.3 is 0 Å². The molecule has 1 saturated heterocycles. The predicted molar refractivity (Wildman–Crippen MR) is 92.6 cm³/mol. The fourth-order valence-corrected chi connectivity index (χ4v) is 2.85. The van der Waals surface area contributed by atoms with Crippen LogP contribution in [0.1, 0.15) is 32.6 Å². The molecule has 22 heavy (non-hydrogen) atoms. The number of anilines is 1. The summed E-state index contributed by atoms with van der Waals surface area (Å²) in [6.07, 6.45) is 5.06. The molecule has 1 aliphatic rings. The summed E-state index contributed by atoms with van der Waals surface area (Å²) in [7, 11) is 1.65. The highest BCUT2D eigenvalue weighted by atomic mass is 16.5. The number of nitrogens with zero attached hydrogens (tertiary/aromatic N) is 2. The van der Waals surface area contributed by atoms with Crippen molar-refractivity contribution in [3.63, 3.8) is 0 Å². The van der Waals surface area contributed by atoms with Crippen LogP contribution in [-0.2, 0) is 0 Å². The van der Waals surface area contributed by atoms with Gasteiger partial charge in [-0.1, -0.05) is 12.5 Å². The zero-order valence-corrected chi connectivity index (χ0v) is 13.7. The Labute approximate surface area is 133 Å². The van der Waals surface area contributed by atoms with Crippen LogP contribution in [0.2, 0.25) is 0 Å². The Morgan fingerprint density at radius 2 is 2.32 bits per heavy atom. The summed E-state index contributed by atoms with van der Waals surface area (Å²) in [6.45, 7) is 5.41. The first kappa shape index (κ1) is 16.6. The minimum absolute atomic E-state index is 0.458. The van der Waals surface area contributed by atoms with Crippen LogP contribution in [0.25, 0.3) is 0 Å². The number of benzene rings is 1. The summed E-state index contributed by atoms with van der Waals surface area (Å²) in [5.74, 6) is 1.26. The van der Waals surface area contributed by atoms with Gasteiger partial charge in [0.15, 0.2) is 5.96 Å². The van der Waals surface area contributed by atoms with Gasteiger partial charge in [0.1, 0.15) is 5.75 Å². The van der Waals surface area contributed by atoms with E-state index in [4.69, 9.17) is 10.5 Å². The third-order valence-corrected chi connectivity index (χ3v) is 4.17. The van der Waals surface area contributed by atoms with E-state index in [1.54, 1.807) is 7.11 Å². The molecule has 0 aromatic heterocycles. The van der Waals surface area contributed by atoms with E-state index in [9.17, 15) is 0 Å². The lowest BCUT2D eigenvalue weighted by Crippen LogP contribution is -2.38. The number of nitrogens with one attached hydrogen (secondary N) is 1. The summed E-state index contributed by atoms with van der Waals surface area (Å²) in [5, 5.41) is 3.10. The van der Waals surface area contributed by atoms with E-state index in [0.29, 0.717) is 12.0 Å². The fraction of sp³-hybridized carbons (Fsp3) is 0.588. The van der Waals surface area contributed by atoms with Crippen LogP contribution in [0, 0.1) is 0 Å². The molecule has 1 aromatic carbocycles. The minimum Gasteiger partial charge on any atom is -0.497 e. The lowest BCUT2D eigenvalue weighted by molar-refractivity contribution is 0.160. The van der Waals surface area contributed by atoms with Gasteiger partial charge in [-0.25, -0.2) is 0 Å². The maximum atomic E-state index is 5.93. The third kappa shape index (κ3) is 5.22. The first-order valence-electron chi connectivity index (χ1n) is 8.14. The van der Waals surface area contributed by atoms with Gasteiger partial charge in [0.2, 0.25) is 0 Å². The Bertz CT molecular complexity index is 489. The molecule has 0 aliphatic carbocycles. The number of hydrogen-bond acceptors (Lipinski definition) is 3. The molecule has 1 unspecified atom stereocenters. The Morgan fingerprint density at radius 3 is 3.09 bits per heavy atom. The number of methoxy groups -OCH3 is 1. The quantitative estimate of drug-likeness (QED) is 0.482. The number of likely N-dealkylation sites (tertiary alicyclic amines) is 1. The molecule has 0 bridgehead atoms. The van der Waals surface area contributed by atoms with E-state index in [1.165, 1.54) is 25.8 Å². The van der Waals surface area contributed by atoms with Gasteiger partial charge in [-0.05, 0) is 44.9 Å². The minimum atomic E-state index is 0.458. The van der Waals surface area contributed by atoms with Crippen molar-refractivity contribution < 1.29 is 4.74 Å². The fourth-order valence-electron chi connectivity index (χ4n) is 2.85. The monoisotopic (exact) mass is 304 g/mol.